The molecule has 0 aliphatic carbocycles. The van der Waals surface area contributed by atoms with Crippen LogP contribution < -0.4 is 15.0 Å². The number of carbonyl (C=O) groups is 1. The summed E-state index contributed by atoms with van der Waals surface area (Å²) in [7, 11) is 1.93. The fourth-order valence-electron chi connectivity index (χ4n) is 2.21. The molecule has 128 valence electrons. The van der Waals surface area contributed by atoms with Crippen LogP contribution in [0.2, 0.25) is 0 Å². The molecule has 2 N–H and O–H groups in total. The number of amides is 1. The van der Waals surface area contributed by atoms with Gasteiger partial charge in [-0.25, -0.2) is 0 Å². The molecule has 1 amide bonds. The second-order valence-electron chi connectivity index (χ2n) is 5.39. The molecule has 0 radical (unpaired) electrons. The highest BCUT2D eigenvalue weighted by Crippen LogP contribution is 2.17. The molecular weight excluding hydrogens is 382 g/mol. The van der Waals surface area contributed by atoms with E-state index in [-0.39, 0.29) is 11.7 Å². The third kappa shape index (κ3) is 6.25. The number of likely N-dealkylation sites (N-methyl/N-ethyl adjacent to an activating group) is 1. The molecule has 2 rings (SSSR count). The lowest BCUT2D eigenvalue weighted by Crippen LogP contribution is -3.08. The van der Waals surface area contributed by atoms with Crippen molar-refractivity contribution in [2.75, 3.05) is 18.9 Å². The van der Waals surface area contributed by atoms with Gasteiger partial charge in [-0.05, 0) is 36.4 Å². The zero-order valence-electron chi connectivity index (χ0n) is 13.1. The average Bonchev–Trinajstić information content (AvgIpc) is 2.51. The topological polar surface area (TPSA) is 42.8 Å². The maximum atomic E-state index is 12.1. The Hall–Kier alpha value is -1.99. The molecule has 2 aromatic carbocycles. The fraction of sp³-hybridized carbons (Fsp3) is 0.235. The quantitative estimate of drug-likeness (QED) is 0.751. The van der Waals surface area contributed by atoms with Gasteiger partial charge in [0.25, 0.3) is 5.91 Å². The summed E-state index contributed by atoms with van der Waals surface area (Å²) in [6.45, 7) is -1.84. The minimum absolute atomic E-state index is 0.0565. The molecule has 0 heterocycles. The molecule has 0 aliphatic heterocycles. The smallest absolute Gasteiger partial charge is 0.387 e. The number of ether oxygens (including phenoxy) is 1. The third-order valence-electron chi connectivity index (χ3n) is 3.24. The van der Waals surface area contributed by atoms with Crippen molar-refractivity contribution in [1.29, 1.82) is 0 Å². The van der Waals surface area contributed by atoms with Crippen LogP contribution in [0.15, 0.2) is 53.0 Å². The Balaban J connectivity index is 1.82. The number of carbonyl (C=O) groups excluding carboxylic acids is 1. The fourth-order valence-corrected chi connectivity index (χ4v) is 2.48. The van der Waals surface area contributed by atoms with Crippen molar-refractivity contribution < 1.29 is 23.2 Å². The lowest BCUT2D eigenvalue weighted by Gasteiger charge is -2.14. The predicted molar refractivity (Wildman–Crippen MR) is 91.3 cm³/mol. The van der Waals surface area contributed by atoms with Gasteiger partial charge in [-0.3, -0.25) is 4.79 Å². The van der Waals surface area contributed by atoms with E-state index >= 15 is 0 Å². The Labute approximate surface area is 147 Å². The molecule has 0 saturated carbocycles. The number of hydrogen-bond acceptors (Lipinski definition) is 2. The first-order chi connectivity index (χ1) is 11.4. The largest absolute Gasteiger partial charge is 0.435 e. The Kier molecular flexibility index (Phi) is 6.69. The number of rotatable bonds is 7. The number of benzene rings is 2. The maximum absolute atomic E-state index is 12.1. The minimum atomic E-state index is -2.86. The number of alkyl halides is 2. The minimum Gasteiger partial charge on any atom is -0.435 e. The van der Waals surface area contributed by atoms with Crippen LogP contribution in [0.1, 0.15) is 5.56 Å². The Morgan fingerprint density at radius 2 is 1.79 bits per heavy atom. The standard InChI is InChI=1S/C17H17BrF2N2O2/c1-22(10-12-2-4-13(18)5-3-12)11-16(23)21-14-6-8-15(9-7-14)24-17(19)20/h2-9,17H,10-11H2,1H3,(H,21,23)/p+1. The summed E-state index contributed by atoms with van der Waals surface area (Å²) in [5, 5.41) is 2.74. The highest BCUT2D eigenvalue weighted by molar-refractivity contribution is 9.10. The number of quaternary nitrogens is 1. The first-order valence-electron chi connectivity index (χ1n) is 7.33. The molecular formula is C17H18BrF2N2O2+. The van der Waals surface area contributed by atoms with Gasteiger partial charge in [0.05, 0.1) is 7.05 Å². The molecule has 1 atom stereocenters. The second-order valence-corrected chi connectivity index (χ2v) is 6.30. The van der Waals surface area contributed by atoms with Crippen molar-refractivity contribution in [3.8, 4) is 5.75 Å². The first kappa shape index (κ1) is 18.4. The monoisotopic (exact) mass is 399 g/mol. The van der Waals surface area contributed by atoms with Gasteiger partial charge in [-0.2, -0.15) is 8.78 Å². The van der Waals surface area contributed by atoms with Gasteiger partial charge < -0.3 is 15.0 Å². The molecule has 0 fully saturated rings. The van der Waals surface area contributed by atoms with Gasteiger partial charge in [-0.1, -0.05) is 28.1 Å². The van der Waals surface area contributed by atoms with Gasteiger partial charge in [0.2, 0.25) is 0 Å². The number of hydrogen-bond donors (Lipinski definition) is 2. The zero-order chi connectivity index (χ0) is 17.5. The van der Waals surface area contributed by atoms with Gasteiger partial charge in [0, 0.05) is 15.7 Å². The van der Waals surface area contributed by atoms with Crippen molar-refractivity contribution >= 4 is 27.5 Å². The Bertz CT molecular complexity index is 663. The van der Waals surface area contributed by atoms with E-state index < -0.39 is 6.61 Å². The molecule has 2 aromatic rings. The van der Waals surface area contributed by atoms with Crippen molar-refractivity contribution in [3.63, 3.8) is 0 Å². The lowest BCUT2D eigenvalue weighted by atomic mass is 10.2. The van der Waals surface area contributed by atoms with Crippen LogP contribution in [0.5, 0.6) is 5.75 Å². The van der Waals surface area contributed by atoms with Crippen LogP contribution in [0.25, 0.3) is 0 Å². The van der Waals surface area contributed by atoms with Crippen LogP contribution in [0.4, 0.5) is 14.5 Å². The van der Waals surface area contributed by atoms with Crippen LogP contribution in [-0.4, -0.2) is 26.1 Å². The van der Waals surface area contributed by atoms with E-state index in [9.17, 15) is 13.6 Å². The summed E-state index contributed by atoms with van der Waals surface area (Å²) in [5.74, 6) is -0.0897. The summed E-state index contributed by atoms with van der Waals surface area (Å²) in [5.41, 5.74) is 1.68. The van der Waals surface area contributed by atoms with Gasteiger partial charge in [0.15, 0.2) is 6.54 Å². The molecule has 7 heteroatoms. The highest BCUT2D eigenvalue weighted by atomic mass is 79.9. The van der Waals surface area contributed by atoms with Crippen LogP contribution in [-0.2, 0) is 11.3 Å². The van der Waals surface area contributed by atoms with E-state index in [2.05, 4.69) is 26.0 Å². The Morgan fingerprint density at radius 3 is 2.38 bits per heavy atom. The lowest BCUT2D eigenvalue weighted by molar-refractivity contribution is -0.885. The van der Waals surface area contributed by atoms with Crippen molar-refractivity contribution in [2.24, 2.45) is 0 Å². The van der Waals surface area contributed by atoms with Gasteiger partial charge >= 0.3 is 6.61 Å². The van der Waals surface area contributed by atoms with Crippen LogP contribution >= 0.6 is 15.9 Å². The third-order valence-corrected chi connectivity index (χ3v) is 3.77. The number of nitrogens with one attached hydrogen (secondary N) is 2. The highest BCUT2D eigenvalue weighted by Gasteiger charge is 2.11. The summed E-state index contributed by atoms with van der Waals surface area (Å²) >= 11 is 3.39. The molecule has 0 spiro atoms. The maximum Gasteiger partial charge on any atom is 0.387 e. The number of halogens is 3. The molecule has 0 bridgehead atoms. The van der Waals surface area contributed by atoms with E-state index in [4.69, 9.17) is 0 Å². The second kappa shape index (κ2) is 8.75. The van der Waals surface area contributed by atoms with Gasteiger partial charge in [-0.15, -0.1) is 0 Å². The summed E-state index contributed by atoms with van der Waals surface area (Å²) in [4.78, 5) is 13.1. The molecule has 24 heavy (non-hydrogen) atoms. The summed E-state index contributed by atoms with van der Waals surface area (Å²) in [6, 6.07) is 13.8. The molecule has 0 aliphatic rings. The Morgan fingerprint density at radius 1 is 1.17 bits per heavy atom. The van der Waals surface area contributed by atoms with E-state index in [1.165, 1.54) is 24.3 Å². The van der Waals surface area contributed by atoms with E-state index in [1.807, 2.05) is 31.3 Å². The SMILES string of the molecule is C[NH+](CC(=O)Nc1ccc(OC(F)F)cc1)Cc1ccc(Br)cc1. The van der Waals surface area contributed by atoms with Crippen LogP contribution in [0.3, 0.4) is 0 Å². The summed E-state index contributed by atoms with van der Waals surface area (Å²) < 4.78 is 29.4. The molecule has 0 saturated heterocycles. The predicted octanol–water partition coefficient (Wildman–Crippen LogP) is 2.70. The van der Waals surface area contributed by atoms with E-state index in [1.54, 1.807) is 0 Å². The van der Waals surface area contributed by atoms with E-state index in [0.717, 1.165) is 21.5 Å². The van der Waals surface area contributed by atoms with Crippen LogP contribution in [0, 0.1) is 0 Å². The normalized spacial score (nSPS) is 12.0. The van der Waals surface area contributed by atoms with Gasteiger partial charge in [0.1, 0.15) is 12.3 Å². The van der Waals surface area contributed by atoms with Crippen molar-refractivity contribution in [1.82, 2.24) is 0 Å². The van der Waals surface area contributed by atoms with Crippen molar-refractivity contribution in [2.45, 2.75) is 13.2 Å². The molecule has 4 nitrogen and oxygen atoms in total. The average molecular weight is 400 g/mol. The van der Waals surface area contributed by atoms with Crippen molar-refractivity contribution in [3.05, 3.63) is 58.6 Å². The number of anilines is 1. The molecule has 1 unspecified atom stereocenters. The summed E-state index contributed by atoms with van der Waals surface area (Å²) in [6.07, 6.45) is 0. The molecule has 0 aromatic heterocycles. The van der Waals surface area contributed by atoms with E-state index in [0.29, 0.717) is 12.2 Å². The zero-order valence-corrected chi connectivity index (χ0v) is 14.6. The first-order valence-corrected chi connectivity index (χ1v) is 8.12.